The minimum Gasteiger partial charge on any atom is -0.370 e. The lowest BCUT2D eigenvalue weighted by molar-refractivity contribution is -0.142. The van der Waals surface area contributed by atoms with Gasteiger partial charge in [-0.25, -0.2) is 0 Å². The minimum atomic E-state index is -0.0429. The van der Waals surface area contributed by atoms with Crippen molar-refractivity contribution in [1.82, 2.24) is 4.90 Å². The van der Waals surface area contributed by atoms with Crippen LogP contribution < -0.4 is 0 Å². The van der Waals surface area contributed by atoms with Gasteiger partial charge in [0.1, 0.15) is 6.10 Å². The number of nitrogens with zero attached hydrogens (tertiary/aromatic N) is 1. The number of hydrogen-bond acceptors (Lipinski definition) is 2. The molecular formula is C14H18ClNO2. The zero-order valence-electron chi connectivity index (χ0n) is 10.7. The lowest BCUT2D eigenvalue weighted by atomic mass is 10.1. The summed E-state index contributed by atoms with van der Waals surface area (Å²) in [6, 6.07) is 7.61. The van der Waals surface area contributed by atoms with E-state index in [4.69, 9.17) is 16.3 Å². The van der Waals surface area contributed by atoms with Gasteiger partial charge in [-0.1, -0.05) is 37.6 Å². The molecule has 0 aromatic heterocycles. The number of carbonyl (C=O) groups excluding carboxylic acids is 1. The van der Waals surface area contributed by atoms with Crippen LogP contribution in [0.3, 0.4) is 0 Å². The molecular weight excluding hydrogens is 250 g/mol. The van der Waals surface area contributed by atoms with Crippen molar-refractivity contribution in [3.63, 3.8) is 0 Å². The molecule has 1 heterocycles. The second-order valence-electron chi connectivity index (χ2n) is 4.85. The van der Waals surface area contributed by atoms with E-state index in [0.717, 1.165) is 5.56 Å². The highest BCUT2D eigenvalue weighted by Crippen LogP contribution is 2.24. The summed E-state index contributed by atoms with van der Waals surface area (Å²) in [5.74, 6) is 0.228. The lowest BCUT2D eigenvalue weighted by Gasteiger charge is -2.34. The van der Waals surface area contributed by atoms with Gasteiger partial charge >= 0.3 is 0 Å². The first kappa shape index (κ1) is 13.4. The van der Waals surface area contributed by atoms with Crippen LogP contribution in [0.5, 0.6) is 0 Å². The van der Waals surface area contributed by atoms with Gasteiger partial charge in [0.2, 0.25) is 5.91 Å². The third-order valence-electron chi connectivity index (χ3n) is 3.11. The summed E-state index contributed by atoms with van der Waals surface area (Å²) in [5.41, 5.74) is 1.07. The maximum absolute atomic E-state index is 12.0. The largest absolute Gasteiger partial charge is 0.370 e. The van der Waals surface area contributed by atoms with Crippen LogP contribution >= 0.6 is 11.6 Å². The van der Waals surface area contributed by atoms with Gasteiger partial charge in [-0.05, 0) is 17.7 Å². The van der Waals surface area contributed by atoms with E-state index in [-0.39, 0.29) is 17.9 Å². The molecule has 1 unspecified atom stereocenters. The first-order chi connectivity index (χ1) is 8.58. The zero-order chi connectivity index (χ0) is 13.1. The molecule has 1 aliphatic heterocycles. The number of halogens is 1. The Bertz CT molecular complexity index is 416. The predicted molar refractivity (Wildman–Crippen MR) is 71.6 cm³/mol. The average molecular weight is 268 g/mol. The third-order valence-corrected chi connectivity index (χ3v) is 3.37. The second-order valence-corrected chi connectivity index (χ2v) is 5.29. The SMILES string of the molecule is CC(C)C(=O)N1CCOC(c2ccc(Cl)cc2)C1. The topological polar surface area (TPSA) is 29.5 Å². The molecule has 1 fully saturated rings. The van der Waals surface area contributed by atoms with Gasteiger partial charge in [-0.3, -0.25) is 4.79 Å². The highest BCUT2D eigenvalue weighted by Gasteiger charge is 2.26. The molecule has 1 amide bonds. The summed E-state index contributed by atoms with van der Waals surface area (Å²) in [4.78, 5) is 13.9. The summed E-state index contributed by atoms with van der Waals surface area (Å²) in [7, 11) is 0. The van der Waals surface area contributed by atoms with E-state index >= 15 is 0 Å². The first-order valence-corrected chi connectivity index (χ1v) is 6.61. The van der Waals surface area contributed by atoms with E-state index in [0.29, 0.717) is 24.7 Å². The van der Waals surface area contributed by atoms with Crippen molar-refractivity contribution in [2.45, 2.75) is 20.0 Å². The van der Waals surface area contributed by atoms with Crippen LogP contribution in [0.2, 0.25) is 5.02 Å². The van der Waals surface area contributed by atoms with E-state index in [1.54, 1.807) is 0 Å². The van der Waals surface area contributed by atoms with Crippen LogP contribution in [0.1, 0.15) is 25.5 Å². The van der Waals surface area contributed by atoms with Gasteiger partial charge in [-0.2, -0.15) is 0 Å². The Kier molecular flexibility index (Phi) is 4.25. The Balaban J connectivity index is 2.07. The molecule has 4 heteroatoms. The molecule has 0 aliphatic carbocycles. The van der Waals surface area contributed by atoms with Gasteiger partial charge in [0.15, 0.2) is 0 Å². The monoisotopic (exact) mass is 267 g/mol. The molecule has 0 saturated carbocycles. The van der Waals surface area contributed by atoms with Crippen LogP contribution in [0, 0.1) is 5.92 Å². The van der Waals surface area contributed by atoms with Crippen molar-refractivity contribution in [1.29, 1.82) is 0 Å². The molecule has 0 N–H and O–H groups in total. The van der Waals surface area contributed by atoms with Gasteiger partial charge in [0.05, 0.1) is 13.2 Å². The molecule has 1 aliphatic rings. The summed E-state index contributed by atoms with van der Waals surface area (Å²) < 4.78 is 5.73. The molecule has 3 nitrogen and oxygen atoms in total. The Morgan fingerprint density at radius 3 is 2.67 bits per heavy atom. The Labute approximate surface area is 113 Å². The number of ether oxygens (including phenoxy) is 1. The van der Waals surface area contributed by atoms with E-state index in [1.807, 2.05) is 43.0 Å². The van der Waals surface area contributed by atoms with Gasteiger partial charge in [0, 0.05) is 17.5 Å². The molecule has 1 saturated heterocycles. The maximum atomic E-state index is 12.0. The third kappa shape index (κ3) is 3.03. The van der Waals surface area contributed by atoms with Crippen molar-refractivity contribution in [2.75, 3.05) is 19.7 Å². The lowest BCUT2D eigenvalue weighted by Crippen LogP contribution is -2.44. The fourth-order valence-electron chi connectivity index (χ4n) is 2.09. The molecule has 1 atom stereocenters. The maximum Gasteiger partial charge on any atom is 0.225 e. The van der Waals surface area contributed by atoms with Gasteiger partial charge in [-0.15, -0.1) is 0 Å². The normalized spacial score (nSPS) is 20.2. The van der Waals surface area contributed by atoms with E-state index in [1.165, 1.54) is 0 Å². The molecule has 0 spiro atoms. The quantitative estimate of drug-likeness (QED) is 0.825. The standard InChI is InChI=1S/C14H18ClNO2/c1-10(2)14(17)16-7-8-18-13(9-16)11-3-5-12(15)6-4-11/h3-6,10,13H,7-9H2,1-2H3. The van der Waals surface area contributed by atoms with Crippen LogP contribution in [-0.2, 0) is 9.53 Å². The summed E-state index contributed by atoms with van der Waals surface area (Å²) >= 11 is 5.87. The van der Waals surface area contributed by atoms with Crippen LogP contribution in [-0.4, -0.2) is 30.5 Å². The molecule has 1 aromatic rings. The molecule has 0 radical (unpaired) electrons. The van der Waals surface area contributed by atoms with E-state index in [2.05, 4.69) is 0 Å². The molecule has 0 bridgehead atoms. The van der Waals surface area contributed by atoms with Gasteiger partial charge < -0.3 is 9.64 Å². The van der Waals surface area contributed by atoms with Crippen molar-refractivity contribution in [3.8, 4) is 0 Å². The summed E-state index contributed by atoms with van der Waals surface area (Å²) in [6.07, 6.45) is -0.0429. The molecule has 18 heavy (non-hydrogen) atoms. The molecule has 98 valence electrons. The van der Waals surface area contributed by atoms with Crippen LogP contribution in [0.4, 0.5) is 0 Å². The van der Waals surface area contributed by atoms with Crippen LogP contribution in [0.15, 0.2) is 24.3 Å². The summed E-state index contributed by atoms with van der Waals surface area (Å²) in [6.45, 7) is 5.75. The van der Waals surface area contributed by atoms with Crippen molar-refractivity contribution in [2.24, 2.45) is 5.92 Å². The number of hydrogen-bond donors (Lipinski definition) is 0. The highest BCUT2D eigenvalue weighted by molar-refractivity contribution is 6.30. The first-order valence-electron chi connectivity index (χ1n) is 6.24. The minimum absolute atomic E-state index is 0.0361. The van der Waals surface area contributed by atoms with Crippen molar-refractivity contribution < 1.29 is 9.53 Å². The Morgan fingerprint density at radius 1 is 1.39 bits per heavy atom. The fraction of sp³-hybridized carbons (Fsp3) is 0.500. The number of morpholine rings is 1. The number of rotatable bonds is 2. The summed E-state index contributed by atoms with van der Waals surface area (Å²) in [5, 5.41) is 0.713. The highest BCUT2D eigenvalue weighted by atomic mass is 35.5. The van der Waals surface area contributed by atoms with Crippen molar-refractivity contribution in [3.05, 3.63) is 34.9 Å². The molecule has 2 rings (SSSR count). The van der Waals surface area contributed by atoms with E-state index in [9.17, 15) is 4.79 Å². The Hall–Kier alpha value is -1.06. The number of amides is 1. The Morgan fingerprint density at radius 2 is 2.06 bits per heavy atom. The van der Waals surface area contributed by atoms with Gasteiger partial charge in [0.25, 0.3) is 0 Å². The zero-order valence-corrected chi connectivity index (χ0v) is 11.5. The second kappa shape index (κ2) is 5.72. The van der Waals surface area contributed by atoms with E-state index < -0.39 is 0 Å². The van der Waals surface area contributed by atoms with Crippen LogP contribution in [0.25, 0.3) is 0 Å². The average Bonchev–Trinajstić information content (AvgIpc) is 2.38. The fourth-order valence-corrected chi connectivity index (χ4v) is 2.22. The number of benzene rings is 1. The smallest absolute Gasteiger partial charge is 0.225 e. The number of carbonyl (C=O) groups is 1. The predicted octanol–water partition coefficient (Wildman–Crippen LogP) is 2.90. The molecule has 1 aromatic carbocycles. The van der Waals surface area contributed by atoms with Crippen molar-refractivity contribution >= 4 is 17.5 Å².